The van der Waals surface area contributed by atoms with E-state index in [1.54, 1.807) is 0 Å². The largest absolute Gasteiger partial charge is 0.394 e. The first-order valence-corrected chi connectivity index (χ1v) is 36.4. The van der Waals surface area contributed by atoms with Gasteiger partial charge < -0.3 is 40.3 Å². The van der Waals surface area contributed by atoms with Gasteiger partial charge in [-0.25, -0.2) is 0 Å². The second-order valence-electron chi connectivity index (χ2n) is 25.0. The molecule has 7 unspecified atom stereocenters. The minimum atomic E-state index is -1.56. The Bertz CT molecular complexity index is 1680. The fourth-order valence-corrected chi connectivity index (χ4v) is 11.3. The van der Waals surface area contributed by atoms with Crippen LogP contribution in [0, 0.1) is 0 Å². The molecule has 498 valence electrons. The molecule has 9 heteroatoms. The number of hydrogen-bond donors (Lipinski definition) is 6. The number of aliphatic hydroxyl groups is 5. The molecule has 1 aliphatic rings. The lowest BCUT2D eigenvalue weighted by atomic mass is 9.99. The van der Waals surface area contributed by atoms with Crippen molar-refractivity contribution in [2.75, 3.05) is 13.2 Å². The minimum Gasteiger partial charge on any atom is -0.394 e. The first kappa shape index (κ1) is 81.1. The third-order valence-electron chi connectivity index (χ3n) is 17.0. The third-order valence-corrected chi connectivity index (χ3v) is 17.0. The van der Waals surface area contributed by atoms with Crippen molar-refractivity contribution in [3.63, 3.8) is 0 Å². The summed E-state index contributed by atoms with van der Waals surface area (Å²) in [6.45, 7) is 3.75. The summed E-state index contributed by atoms with van der Waals surface area (Å²) in [5.74, 6) is -0.158. The Morgan fingerprint density at radius 1 is 0.407 bits per heavy atom. The molecule has 0 bridgehead atoms. The summed E-state index contributed by atoms with van der Waals surface area (Å²) < 4.78 is 11.4. The molecule has 0 radical (unpaired) electrons. The van der Waals surface area contributed by atoms with E-state index in [2.05, 4.69) is 116 Å². The highest BCUT2D eigenvalue weighted by Gasteiger charge is 2.44. The van der Waals surface area contributed by atoms with Crippen LogP contribution in [-0.4, -0.2) is 87.5 Å². The van der Waals surface area contributed by atoms with Crippen LogP contribution in [-0.2, 0) is 14.3 Å². The monoisotopic (exact) mass is 1200 g/mol. The van der Waals surface area contributed by atoms with Crippen molar-refractivity contribution in [1.29, 1.82) is 0 Å². The molecule has 0 aromatic carbocycles. The lowest BCUT2D eigenvalue weighted by Crippen LogP contribution is -2.60. The van der Waals surface area contributed by atoms with Crippen LogP contribution in [0.5, 0.6) is 0 Å². The van der Waals surface area contributed by atoms with Gasteiger partial charge in [0, 0.05) is 6.42 Å². The molecule has 0 saturated carbocycles. The summed E-state index contributed by atoms with van der Waals surface area (Å²) in [5, 5.41) is 55.0. The maximum Gasteiger partial charge on any atom is 0.220 e. The van der Waals surface area contributed by atoms with E-state index in [9.17, 15) is 30.3 Å². The number of unbranched alkanes of at least 4 members (excludes halogenated alkanes) is 37. The summed E-state index contributed by atoms with van der Waals surface area (Å²) in [6.07, 6.45) is 87.6. The Hall–Kier alpha value is -2.89. The molecule has 6 N–H and O–H groups in total. The molecule has 0 aromatic heterocycles. The van der Waals surface area contributed by atoms with Crippen molar-refractivity contribution < 1.29 is 39.8 Å². The number of aliphatic hydroxyl groups excluding tert-OH is 5. The van der Waals surface area contributed by atoms with Gasteiger partial charge >= 0.3 is 0 Å². The van der Waals surface area contributed by atoms with E-state index in [0.29, 0.717) is 12.8 Å². The highest BCUT2D eigenvalue weighted by molar-refractivity contribution is 5.76. The van der Waals surface area contributed by atoms with Gasteiger partial charge in [-0.2, -0.15) is 0 Å². The van der Waals surface area contributed by atoms with Crippen molar-refractivity contribution >= 4 is 5.91 Å². The number of carbonyl (C=O) groups is 1. The van der Waals surface area contributed by atoms with Crippen LogP contribution < -0.4 is 5.32 Å². The molecular formula is C77H137NO8. The van der Waals surface area contributed by atoms with Crippen molar-refractivity contribution in [3.05, 3.63) is 97.2 Å². The number of ether oxygens (including phenoxy) is 2. The Balaban J connectivity index is 2.14. The molecular weight excluding hydrogens is 1070 g/mol. The van der Waals surface area contributed by atoms with E-state index >= 15 is 0 Å². The van der Waals surface area contributed by atoms with Crippen LogP contribution in [0.1, 0.15) is 328 Å². The second kappa shape index (κ2) is 65.1. The molecule has 0 aliphatic carbocycles. The number of carbonyl (C=O) groups excluding carboxylic acids is 1. The second-order valence-corrected chi connectivity index (χ2v) is 25.0. The van der Waals surface area contributed by atoms with Gasteiger partial charge in [-0.15, -0.1) is 0 Å². The fraction of sp³-hybridized carbons (Fsp3) is 0.779. The quantitative estimate of drug-likeness (QED) is 0.0261. The van der Waals surface area contributed by atoms with E-state index in [1.165, 1.54) is 193 Å². The molecule has 1 fully saturated rings. The van der Waals surface area contributed by atoms with Gasteiger partial charge in [-0.3, -0.25) is 4.79 Å². The van der Waals surface area contributed by atoms with Crippen molar-refractivity contribution in [2.45, 2.75) is 371 Å². The number of allylic oxidation sites excluding steroid dienone is 16. The molecule has 0 aromatic rings. The molecule has 7 atom stereocenters. The fourth-order valence-electron chi connectivity index (χ4n) is 11.3. The summed E-state index contributed by atoms with van der Waals surface area (Å²) in [6, 6.07) is -0.737. The average molecular weight is 1200 g/mol. The molecule has 0 spiro atoms. The lowest BCUT2D eigenvalue weighted by molar-refractivity contribution is -0.302. The van der Waals surface area contributed by atoms with Crippen molar-refractivity contribution in [2.24, 2.45) is 0 Å². The van der Waals surface area contributed by atoms with E-state index < -0.39 is 49.5 Å². The van der Waals surface area contributed by atoms with Crippen LogP contribution in [0.4, 0.5) is 0 Å². The van der Waals surface area contributed by atoms with E-state index in [4.69, 9.17) is 9.47 Å². The summed E-state index contributed by atoms with van der Waals surface area (Å²) in [7, 11) is 0. The summed E-state index contributed by atoms with van der Waals surface area (Å²) >= 11 is 0. The van der Waals surface area contributed by atoms with Crippen LogP contribution in [0.3, 0.4) is 0 Å². The topological polar surface area (TPSA) is 149 Å². The van der Waals surface area contributed by atoms with E-state index in [1.807, 2.05) is 0 Å². The SMILES string of the molecule is CC/C=C\C/C=C\C/C=C\C/C=C\C/C=C\C/C=C\C/C=C\C/C=C\CCCCCCCCC(=O)NC(COC1OC(CO)C(O)C(O)C1O)C(O)CCCCCCCCCCCCCCCCCCCCCCCCCCCCCCCCCC. The highest BCUT2D eigenvalue weighted by atomic mass is 16.7. The predicted molar refractivity (Wildman–Crippen MR) is 368 cm³/mol. The average Bonchev–Trinajstić information content (AvgIpc) is 3.59. The minimum absolute atomic E-state index is 0.149. The molecule has 9 nitrogen and oxygen atoms in total. The molecule has 1 saturated heterocycles. The molecule has 1 amide bonds. The van der Waals surface area contributed by atoms with Gasteiger partial charge in [-0.1, -0.05) is 342 Å². The third kappa shape index (κ3) is 53.0. The number of rotatable bonds is 63. The van der Waals surface area contributed by atoms with Gasteiger partial charge in [0.05, 0.1) is 25.4 Å². The first-order chi connectivity index (χ1) is 42.3. The van der Waals surface area contributed by atoms with E-state index in [0.717, 1.165) is 109 Å². The van der Waals surface area contributed by atoms with E-state index in [-0.39, 0.29) is 12.5 Å². The maximum absolute atomic E-state index is 13.2. The predicted octanol–water partition coefficient (Wildman–Crippen LogP) is 20.3. The first-order valence-electron chi connectivity index (χ1n) is 36.4. The van der Waals surface area contributed by atoms with Gasteiger partial charge in [0.25, 0.3) is 0 Å². The smallest absolute Gasteiger partial charge is 0.220 e. The van der Waals surface area contributed by atoms with Crippen LogP contribution >= 0.6 is 0 Å². The molecule has 1 heterocycles. The highest BCUT2D eigenvalue weighted by Crippen LogP contribution is 2.24. The van der Waals surface area contributed by atoms with Crippen LogP contribution in [0.2, 0.25) is 0 Å². The molecule has 1 aliphatic heterocycles. The number of hydrogen-bond acceptors (Lipinski definition) is 8. The lowest BCUT2D eigenvalue weighted by Gasteiger charge is -2.40. The Morgan fingerprint density at radius 2 is 0.721 bits per heavy atom. The van der Waals surface area contributed by atoms with Gasteiger partial charge in [0.1, 0.15) is 24.4 Å². The van der Waals surface area contributed by atoms with Gasteiger partial charge in [0.15, 0.2) is 6.29 Å². The summed E-state index contributed by atoms with van der Waals surface area (Å²) in [5.41, 5.74) is 0. The van der Waals surface area contributed by atoms with Crippen molar-refractivity contribution in [3.8, 4) is 0 Å². The molecule has 86 heavy (non-hydrogen) atoms. The zero-order valence-corrected chi connectivity index (χ0v) is 55.8. The Labute approximate surface area is 530 Å². The van der Waals surface area contributed by atoms with Crippen LogP contribution in [0.25, 0.3) is 0 Å². The maximum atomic E-state index is 13.2. The standard InChI is InChI=1S/C77H137NO8/c1-3-5-7-9-11-13-15-17-19-21-23-25-27-29-31-33-35-37-38-40-42-44-46-48-50-52-54-56-58-60-62-64-66-71(80)70(69-85-77-76(84)75(83)74(82)72(68-79)86-77)78-73(81)67-65-63-61-59-57-55-53-51-49-47-45-43-41-39-36-34-32-30-28-26-24-22-20-18-16-14-12-10-8-6-4-2/h6,8,12,14,18,20,24,26,30,32,36,39,43,45,49,51,70-72,74-77,79-80,82-84H,3-5,7,9-11,13,15-17,19,21-23,25,27-29,31,33-35,37-38,40-42,44,46-48,50,52-69H2,1-2H3,(H,78,81)/b8-6-,14-12-,20-18-,26-24-,32-30-,39-36-,45-43-,51-49-. The number of amides is 1. The normalized spacial score (nSPS) is 18.6. The van der Waals surface area contributed by atoms with Crippen LogP contribution in [0.15, 0.2) is 97.2 Å². The number of nitrogens with one attached hydrogen (secondary N) is 1. The zero-order valence-electron chi connectivity index (χ0n) is 55.8. The molecule has 1 rings (SSSR count). The van der Waals surface area contributed by atoms with Gasteiger partial charge in [-0.05, 0) is 77.0 Å². The Kier molecular flexibility index (Phi) is 61.4. The van der Waals surface area contributed by atoms with Crippen molar-refractivity contribution in [1.82, 2.24) is 5.32 Å². The summed E-state index contributed by atoms with van der Waals surface area (Å²) in [4.78, 5) is 13.2. The van der Waals surface area contributed by atoms with Gasteiger partial charge in [0.2, 0.25) is 5.91 Å². The Morgan fingerprint density at radius 3 is 1.07 bits per heavy atom. The zero-order chi connectivity index (χ0) is 62.1.